The van der Waals surface area contributed by atoms with E-state index >= 15 is 0 Å². The Kier molecular flexibility index (Phi) is 2.98. The molecule has 2 aliphatic heterocycles. The van der Waals surface area contributed by atoms with E-state index in [1.165, 1.54) is 0 Å². The third-order valence-corrected chi connectivity index (χ3v) is 7.08. The fourth-order valence-corrected chi connectivity index (χ4v) is 5.60. The van der Waals surface area contributed by atoms with Gasteiger partial charge in [-0.15, -0.1) is 0 Å². The van der Waals surface area contributed by atoms with E-state index in [1.54, 1.807) is 36.8 Å². The number of hydrogen-bond acceptors (Lipinski definition) is 6. The maximum atomic E-state index is 12.8. The van der Waals surface area contributed by atoms with E-state index in [4.69, 9.17) is 13.9 Å². The second kappa shape index (κ2) is 4.88. The van der Waals surface area contributed by atoms with Crippen molar-refractivity contribution in [2.45, 2.75) is 37.9 Å². The predicted octanol–water partition coefficient (Wildman–Crippen LogP) is 2.45. The van der Waals surface area contributed by atoms with Gasteiger partial charge in [-0.2, -0.15) is 0 Å². The highest BCUT2D eigenvalue weighted by Crippen LogP contribution is 2.67. The van der Waals surface area contributed by atoms with Crippen LogP contribution in [0.5, 0.6) is 0 Å². The van der Waals surface area contributed by atoms with E-state index < -0.39 is 28.5 Å². The van der Waals surface area contributed by atoms with Crippen LogP contribution in [-0.4, -0.2) is 29.3 Å². The molecule has 1 aromatic heterocycles. The van der Waals surface area contributed by atoms with Crippen molar-refractivity contribution in [2.24, 2.45) is 16.7 Å². The van der Waals surface area contributed by atoms with Crippen LogP contribution in [0.15, 0.2) is 46.8 Å². The summed E-state index contributed by atoms with van der Waals surface area (Å²) in [5.74, 6) is -1.11. The first-order valence-electron chi connectivity index (χ1n) is 8.93. The summed E-state index contributed by atoms with van der Waals surface area (Å²) >= 11 is 0. The number of carbonyl (C=O) groups is 2. The number of fused-ring (bicyclic) bond motifs is 2. The van der Waals surface area contributed by atoms with Crippen molar-refractivity contribution in [3.05, 3.63) is 48.0 Å². The van der Waals surface area contributed by atoms with Crippen LogP contribution in [0.25, 0.3) is 0 Å². The van der Waals surface area contributed by atoms with E-state index in [9.17, 15) is 14.7 Å². The molecule has 6 nitrogen and oxygen atoms in total. The van der Waals surface area contributed by atoms with Crippen LogP contribution in [0.2, 0.25) is 0 Å². The first-order chi connectivity index (χ1) is 12.4. The van der Waals surface area contributed by atoms with Crippen LogP contribution in [0, 0.1) is 16.7 Å². The molecule has 3 heterocycles. The van der Waals surface area contributed by atoms with Gasteiger partial charge in [0.25, 0.3) is 0 Å². The molecule has 4 aliphatic rings. The molecule has 0 unspecified atom stereocenters. The highest BCUT2D eigenvalue weighted by atomic mass is 16.6. The van der Waals surface area contributed by atoms with E-state index in [0.29, 0.717) is 24.8 Å². The second-order valence-corrected chi connectivity index (χ2v) is 8.06. The molecule has 0 bridgehead atoms. The molecule has 2 saturated heterocycles. The van der Waals surface area contributed by atoms with Crippen molar-refractivity contribution in [3.8, 4) is 0 Å². The Hall–Kier alpha value is -2.34. The fourth-order valence-electron chi connectivity index (χ4n) is 5.60. The van der Waals surface area contributed by atoms with Crippen LogP contribution in [0.4, 0.5) is 0 Å². The van der Waals surface area contributed by atoms with Crippen molar-refractivity contribution < 1.29 is 28.6 Å². The zero-order valence-electron chi connectivity index (χ0n) is 14.4. The minimum absolute atomic E-state index is 0.145. The Bertz CT molecular complexity index is 852. The smallest absolute Gasteiger partial charge is 0.334 e. The third-order valence-electron chi connectivity index (χ3n) is 7.08. The number of allylic oxidation sites excluding steroid dienone is 2. The zero-order chi connectivity index (χ0) is 18.2. The lowest BCUT2D eigenvalue weighted by atomic mass is 9.44. The molecular weight excluding hydrogens is 336 g/mol. The molecule has 6 heteroatoms. The summed E-state index contributed by atoms with van der Waals surface area (Å²) in [6.45, 7) is 2.08. The van der Waals surface area contributed by atoms with Gasteiger partial charge in [-0.1, -0.05) is 25.2 Å². The summed E-state index contributed by atoms with van der Waals surface area (Å²) in [5, 5.41) is 12.0. The molecule has 26 heavy (non-hydrogen) atoms. The van der Waals surface area contributed by atoms with E-state index in [1.807, 2.05) is 6.92 Å². The van der Waals surface area contributed by atoms with Crippen LogP contribution < -0.4 is 0 Å². The number of carbonyl (C=O) groups excluding carboxylic acids is 2. The van der Waals surface area contributed by atoms with Gasteiger partial charge in [0, 0.05) is 16.6 Å². The van der Waals surface area contributed by atoms with Crippen LogP contribution in [-0.2, 0) is 19.1 Å². The minimum Gasteiger partial charge on any atom is -0.472 e. The summed E-state index contributed by atoms with van der Waals surface area (Å²) in [5.41, 5.74) is -1.66. The molecule has 2 aliphatic carbocycles. The van der Waals surface area contributed by atoms with Gasteiger partial charge in [0.1, 0.15) is 18.3 Å². The lowest BCUT2D eigenvalue weighted by Crippen LogP contribution is -2.67. The molecule has 0 amide bonds. The molecule has 1 N–H and O–H groups in total. The Labute approximate surface area is 150 Å². The zero-order valence-corrected chi connectivity index (χ0v) is 14.4. The van der Waals surface area contributed by atoms with E-state index in [0.717, 1.165) is 5.56 Å². The number of aliphatic hydroxyl groups is 1. The quantitative estimate of drug-likeness (QED) is 0.778. The van der Waals surface area contributed by atoms with Crippen molar-refractivity contribution in [1.82, 2.24) is 0 Å². The molecule has 5 rings (SSSR count). The summed E-state index contributed by atoms with van der Waals surface area (Å²) in [6, 6.07) is 1.77. The second-order valence-electron chi connectivity index (χ2n) is 8.06. The van der Waals surface area contributed by atoms with Crippen LogP contribution >= 0.6 is 0 Å². The third kappa shape index (κ3) is 1.66. The van der Waals surface area contributed by atoms with Gasteiger partial charge in [-0.25, -0.2) is 4.79 Å². The summed E-state index contributed by atoms with van der Waals surface area (Å²) < 4.78 is 16.2. The van der Waals surface area contributed by atoms with Crippen molar-refractivity contribution >= 4 is 11.9 Å². The fraction of sp³-hybridized carbons (Fsp3) is 0.500. The molecule has 1 saturated carbocycles. The maximum Gasteiger partial charge on any atom is 0.334 e. The molecule has 1 aromatic rings. The Morgan fingerprint density at radius 1 is 1.31 bits per heavy atom. The highest BCUT2D eigenvalue weighted by Gasteiger charge is 2.72. The van der Waals surface area contributed by atoms with Crippen LogP contribution in [0.1, 0.15) is 37.9 Å². The van der Waals surface area contributed by atoms with Gasteiger partial charge in [0.05, 0.1) is 23.9 Å². The lowest BCUT2D eigenvalue weighted by molar-refractivity contribution is -0.227. The minimum atomic E-state index is -1.36. The number of furan rings is 1. The van der Waals surface area contributed by atoms with Gasteiger partial charge in [-0.3, -0.25) is 4.79 Å². The predicted molar refractivity (Wildman–Crippen MR) is 88.6 cm³/mol. The SMILES string of the molecule is C[C@]12C[C@H](c3ccoc3)OC(=O)[C@H]1CC[C@@]13COC(=O)C1=CC=C[C@@]32O. The maximum absolute atomic E-state index is 12.8. The standard InChI is InChI=1S/C20H20O6/c1-18-9-15(12-5-8-24-10-12)26-17(22)13(18)4-7-19-11-25-16(21)14(19)3-2-6-20(18,19)23/h2-3,5-6,8,10,13,15,23H,4,7,9,11H2,1H3/t13-,15-,18+,19-,20+/m1/s1. The largest absolute Gasteiger partial charge is 0.472 e. The molecule has 5 atom stereocenters. The van der Waals surface area contributed by atoms with Gasteiger partial charge in [-0.05, 0) is 25.3 Å². The van der Waals surface area contributed by atoms with Crippen LogP contribution in [0.3, 0.4) is 0 Å². The topological polar surface area (TPSA) is 86.0 Å². The van der Waals surface area contributed by atoms with Crippen molar-refractivity contribution in [2.75, 3.05) is 6.61 Å². The molecule has 1 spiro atoms. The normalized spacial score (nSPS) is 43.7. The van der Waals surface area contributed by atoms with Gasteiger partial charge in [0.15, 0.2) is 0 Å². The van der Waals surface area contributed by atoms with E-state index in [-0.39, 0.29) is 18.5 Å². The number of hydrogen-bond donors (Lipinski definition) is 1. The Morgan fingerprint density at radius 3 is 2.92 bits per heavy atom. The summed E-state index contributed by atoms with van der Waals surface area (Å²) in [7, 11) is 0. The average molecular weight is 356 g/mol. The summed E-state index contributed by atoms with van der Waals surface area (Å²) in [6.07, 6.45) is 9.33. The molecule has 136 valence electrons. The highest BCUT2D eigenvalue weighted by molar-refractivity contribution is 5.94. The molecule has 3 fully saturated rings. The number of rotatable bonds is 1. The number of esters is 2. The monoisotopic (exact) mass is 356 g/mol. The first-order valence-corrected chi connectivity index (χ1v) is 8.93. The van der Waals surface area contributed by atoms with Gasteiger partial charge >= 0.3 is 11.9 Å². The lowest BCUT2D eigenvalue weighted by Gasteiger charge is -2.61. The first kappa shape index (κ1) is 15.9. The Balaban J connectivity index is 1.64. The van der Waals surface area contributed by atoms with Crippen molar-refractivity contribution in [1.29, 1.82) is 0 Å². The van der Waals surface area contributed by atoms with Gasteiger partial charge < -0.3 is 19.0 Å². The molecular formula is C20H20O6. The van der Waals surface area contributed by atoms with Gasteiger partial charge in [0.2, 0.25) is 0 Å². The average Bonchev–Trinajstić information content (AvgIpc) is 3.24. The van der Waals surface area contributed by atoms with Crippen molar-refractivity contribution in [3.63, 3.8) is 0 Å². The van der Waals surface area contributed by atoms with E-state index in [2.05, 4.69) is 0 Å². The molecule has 0 radical (unpaired) electrons. The molecule has 0 aromatic carbocycles. The Morgan fingerprint density at radius 2 is 2.15 bits per heavy atom. The number of ether oxygens (including phenoxy) is 2. The summed E-state index contributed by atoms with van der Waals surface area (Å²) in [4.78, 5) is 25.1. The number of cyclic esters (lactones) is 2.